The molecule has 5 heteroatoms. The molecule has 2 rings (SSSR count). The maximum atomic E-state index is 8.80. The lowest BCUT2D eigenvalue weighted by Gasteiger charge is -2.37. The van der Waals surface area contributed by atoms with Gasteiger partial charge in [0, 0.05) is 37.1 Å². The monoisotopic (exact) mass is 185 g/mol. The first kappa shape index (κ1) is 7.94. The van der Waals surface area contributed by atoms with Crippen LogP contribution in [-0.4, -0.2) is 34.2 Å². The first-order valence-corrected chi connectivity index (χ1v) is 4.73. The van der Waals surface area contributed by atoms with Crippen LogP contribution in [-0.2, 0) is 0 Å². The van der Waals surface area contributed by atoms with E-state index in [1.165, 1.54) is 11.5 Å². The highest BCUT2D eigenvalue weighted by atomic mass is 32.1. The molecular weight excluding hydrogens is 174 g/mol. The van der Waals surface area contributed by atoms with E-state index >= 15 is 0 Å². The summed E-state index contributed by atoms with van der Waals surface area (Å²) in [6.07, 6.45) is 0. The highest BCUT2D eigenvalue weighted by molar-refractivity contribution is 7.09. The average Bonchev–Trinajstić information content (AvgIpc) is 2.34. The van der Waals surface area contributed by atoms with Gasteiger partial charge in [-0.2, -0.15) is 4.37 Å². The Kier molecular flexibility index (Phi) is 1.98. The molecule has 0 aliphatic carbocycles. The predicted molar refractivity (Wildman–Crippen MR) is 47.4 cm³/mol. The Morgan fingerprint density at radius 2 is 2.42 bits per heavy atom. The standard InChI is InChI=1S/C7H11N3OS/c1-5-8-7(12-9-5)10-2-6(3-10)4-11/h6,11H,2-4H2,1H3. The van der Waals surface area contributed by atoms with Crippen LogP contribution in [0.3, 0.4) is 0 Å². The lowest BCUT2D eigenvalue weighted by Crippen LogP contribution is -2.48. The second-order valence-corrected chi connectivity index (χ2v) is 3.81. The smallest absolute Gasteiger partial charge is 0.205 e. The molecule has 4 nitrogen and oxygen atoms in total. The summed E-state index contributed by atoms with van der Waals surface area (Å²) in [5.41, 5.74) is 0. The fraction of sp³-hybridized carbons (Fsp3) is 0.714. The van der Waals surface area contributed by atoms with Crippen LogP contribution in [0.2, 0.25) is 0 Å². The van der Waals surface area contributed by atoms with Gasteiger partial charge in [-0.25, -0.2) is 4.98 Å². The number of hydrogen-bond acceptors (Lipinski definition) is 5. The van der Waals surface area contributed by atoms with Gasteiger partial charge in [0.1, 0.15) is 5.82 Å². The van der Waals surface area contributed by atoms with Gasteiger partial charge in [-0.05, 0) is 6.92 Å². The largest absolute Gasteiger partial charge is 0.396 e. The van der Waals surface area contributed by atoms with Crippen molar-refractivity contribution in [3.05, 3.63) is 5.82 Å². The van der Waals surface area contributed by atoms with Crippen LogP contribution in [0, 0.1) is 12.8 Å². The van der Waals surface area contributed by atoms with Gasteiger partial charge in [0.05, 0.1) is 0 Å². The van der Waals surface area contributed by atoms with Crippen molar-refractivity contribution in [2.24, 2.45) is 5.92 Å². The van der Waals surface area contributed by atoms with E-state index in [1.54, 1.807) is 0 Å². The number of rotatable bonds is 2. The average molecular weight is 185 g/mol. The Labute approximate surface area is 75.0 Å². The van der Waals surface area contributed by atoms with Crippen molar-refractivity contribution in [1.29, 1.82) is 0 Å². The molecule has 0 unspecified atom stereocenters. The third-order valence-corrected chi connectivity index (χ3v) is 2.87. The van der Waals surface area contributed by atoms with E-state index in [0.717, 1.165) is 24.0 Å². The van der Waals surface area contributed by atoms with Crippen molar-refractivity contribution in [3.63, 3.8) is 0 Å². The molecule has 1 aliphatic rings. The summed E-state index contributed by atoms with van der Waals surface area (Å²) in [4.78, 5) is 6.40. The molecule has 12 heavy (non-hydrogen) atoms. The van der Waals surface area contributed by atoms with Crippen LogP contribution in [0.15, 0.2) is 0 Å². The molecular formula is C7H11N3OS. The van der Waals surface area contributed by atoms with E-state index in [2.05, 4.69) is 14.3 Å². The summed E-state index contributed by atoms with van der Waals surface area (Å²) in [7, 11) is 0. The zero-order valence-electron chi connectivity index (χ0n) is 6.90. The molecule has 0 aromatic carbocycles. The van der Waals surface area contributed by atoms with Crippen LogP contribution in [0.1, 0.15) is 5.82 Å². The summed E-state index contributed by atoms with van der Waals surface area (Å²) in [6, 6.07) is 0. The van der Waals surface area contributed by atoms with Gasteiger partial charge >= 0.3 is 0 Å². The van der Waals surface area contributed by atoms with Gasteiger partial charge < -0.3 is 10.0 Å². The lowest BCUT2D eigenvalue weighted by molar-refractivity contribution is 0.200. The highest BCUT2D eigenvalue weighted by Gasteiger charge is 2.27. The van der Waals surface area contributed by atoms with Gasteiger partial charge in [0.15, 0.2) is 0 Å². The Hall–Kier alpha value is -0.680. The molecule has 0 spiro atoms. The molecule has 1 aromatic heterocycles. The maximum absolute atomic E-state index is 8.80. The summed E-state index contributed by atoms with van der Waals surface area (Å²) < 4.78 is 4.10. The van der Waals surface area contributed by atoms with E-state index in [0.29, 0.717) is 5.92 Å². The predicted octanol–water partition coefficient (Wildman–Crippen LogP) is 0.275. The Balaban J connectivity index is 1.96. The normalized spacial score (nSPS) is 18.0. The van der Waals surface area contributed by atoms with Gasteiger partial charge in [-0.1, -0.05) is 0 Å². The van der Waals surface area contributed by atoms with Crippen LogP contribution in [0.25, 0.3) is 0 Å². The van der Waals surface area contributed by atoms with Crippen molar-refractivity contribution in [3.8, 4) is 0 Å². The minimum absolute atomic E-state index is 0.286. The zero-order chi connectivity index (χ0) is 8.55. The van der Waals surface area contributed by atoms with Crippen molar-refractivity contribution >= 4 is 16.7 Å². The molecule has 66 valence electrons. The van der Waals surface area contributed by atoms with Gasteiger partial charge in [-0.15, -0.1) is 0 Å². The minimum Gasteiger partial charge on any atom is -0.396 e. The van der Waals surface area contributed by atoms with Crippen molar-refractivity contribution in [1.82, 2.24) is 9.36 Å². The summed E-state index contributed by atoms with van der Waals surface area (Å²) in [5, 5.41) is 9.78. The Morgan fingerprint density at radius 3 is 2.92 bits per heavy atom. The van der Waals surface area contributed by atoms with E-state index in [4.69, 9.17) is 5.11 Å². The minimum atomic E-state index is 0.286. The lowest BCUT2D eigenvalue weighted by atomic mass is 10.0. The SMILES string of the molecule is Cc1nsc(N2CC(CO)C2)n1. The van der Waals surface area contributed by atoms with Crippen LogP contribution >= 0.6 is 11.5 Å². The van der Waals surface area contributed by atoms with E-state index < -0.39 is 0 Å². The highest BCUT2D eigenvalue weighted by Crippen LogP contribution is 2.25. The molecule has 0 radical (unpaired) electrons. The quantitative estimate of drug-likeness (QED) is 0.718. The number of anilines is 1. The van der Waals surface area contributed by atoms with Crippen LogP contribution < -0.4 is 4.90 Å². The molecule has 1 saturated heterocycles. The molecule has 1 N–H and O–H groups in total. The third-order valence-electron chi connectivity index (χ3n) is 2.00. The van der Waals surface area contributed by atoms with Crippen molar-refractivity contribution in [2.75, 3.05) is 24.6 Å². The Bertz CT molecular complexity index is 269. The fourth-order valence-corrected chi connectivity index (χ4v) is 1.95. The molecule has 0 amide bonds. The maximum Gasteiger partial charge on any atom is 0.205 e. The first-order valence-electron chi connectivity index (χ1n) is 3.95. The van der Waals surface area contributed by atoms with Gasteiger partial charge in [0.25, 0.3) is 0 Å². The van der Waals surface area contributed by atoms with E-state index in [-0.39, 0.29) is 6.61 Å². The number of aliphatic hydroxyl groups is 1. The van der Waals surface area contributed by atoms with Crippen LogP contribution in [0.5, 0.6) is 0 Å². The third kappa shape index (κ3) is 1.30. The molecule has 2 heterocycles. The second-order valence-electron chi connectivity index (χ2n) is 3.08. The van der Waals surface area contributed by atoms with Gasteiger partial charge in [-0.3, -0.25) is 0 Å². The molecule has 0 saturated carbocycles. The topological polar surface area (TPSA) is 49.2 Å². The zero-order valence-corrected chi connectivity index (χ0v) is 7.71. The number of aromatic nitrogens is 2. The van der Waals surface area contributed by atoms with E-state index in [1.807, 2.05) is 6.92 Å². The molecule has 1 aromatic rings. The van der Waals surface area contributed by atoms with Crippen molar-refractivity contribution < 1.29 is 5.11 Å². The fourth-order valence-electron chi connectivity index (χ4n) is 1.26. The molecule has 0 bridgehead atoms. The molecule has 1 fully saturated rings. The first-order chi connectivity index (χ1) is 5.79. The molecule has 1 aliphatic heterocycles. The summed E-state index contributed by atoms with van der Waals surface area (Å²) >= 11 is 1.43. The summed E-state index contributed by atoms with van der Waals surface area (Å²) in [5.74, 6) is 1.27. The second kappa shape index (κ2) is 2.99. The Morgan fingerprint density at radius 1 is 1.67 bits per heavy atom. The number of aryl methyl sites for hydroxylation is 1. The van der Waals surface area contributed by atoms with E-state index in [9.17, 15) is 0 Å². The number of nitrogens with zero attached hydrogens (tertiary/aromatic N) is 3. The van der Waals surface area contributed by atoms with Gasteiger partial charge in [0.2, 0.25) is 5.13 Å². The van der Waals surface area contributed by atoms with Crippen LogP contribution in [0.4, 0.5) is 5.13 Å². The number of aliphatic hydroxyl groups excluding tert-OH is 1. The molecule has 0 atom stereocenters. The van der Waals surface area contributed by atoms with Crippen molar-refractivity contribution in [2.45, 2.75) is 6.92 Å². The summed E-state index contributed by atoms with van der Waals surface area (Å²) in [6.45, 7) is 4.02. The number of hydrogen-bond donors (Lipinski definition) is 1.